The van der Waals surface area contributed by atoms with Crippen LogP contribution in [0.3, 0.4) is 0 Å². The molecule has 0 aromatic heterocycles. The highest BCUT2D eigenvalue weighted by molar-refractivity contribution is 7.19. The first-order valence-electron chi connectivity index (χ1n) is 13.1. The van der Waals surface area contributed by atoms with Crippen molar-refractivity contribution in [3.8, 4) is 0 Å². The molecule has 1 N–H and O–H groups in total. The highest BCUT2D eigenvalue weighted by Gasteiger charge is 2.35. The van der Waals surface area contributed by atoms with Crippen molar-refractivity contribution in [2.45, 2.75) is 13.8 Å². The average Bonchev–Trinajstić information content (AvgIpc) is 2.97. The van der Waals surface area contributed by atoms with Crippen LogP contribution >= 0.6 is 0 Å². The van der Waals surface area contributed by atoms with E-state index in [-0.39, 0.29) is 0 Å². The van der Waals surface area contributed by atoms with E-state index in [0.29, 0.717) is 0 Å². The first-order chi connectivity index (χ1) is 17.8. The van der Waals surface area contributed by atoms with Gasteiger partial charge in [-0.15, -0.1) is 48.5 Å². The number of benzene rings is 5. The van der Waals surface area contributed by atoms with E-state index in [4.69, 9.17) is 0 Å². The van der Waals surface area contributed by atoms with Crippen LogP contribution in [-0.2, 0) is 0 Å². The Bertz CT molecular complexity index is 1110. The molecule has 5 aromatic rings. The largest absolute Gasteiger partial charge is 0.303 e. The molecule has 0 unspecified atom stereocenters. The Morgan fingerprint density at radius 1 is 0.389 bits per heavy atom. The molecule has 0 bridgehead atoms. The Hall–Kier alpha value is -3.41. The van der Waals surface area contributed by atoms with Crippen molar-refractivity contribution in [2.75, 3.05) is 13.1 Å². The van der Waals surface area contributed by atoms with Crippen LogP contribution in [0.25, 0.3) is 0 Å². The standard InChI is InChI=1S/C10H15N.4C6H5.Al/c1-3-11(4-2)10-8-6-5-7-9-10;4*1-2-4-6-5-3-1;/h5-9H,3-4H2,1-2H3;4*1-5H;/q;;;;;-1/p+1. The van der Waals surface area contributed by atoms with E-state index in [0.717, 1.165) is 0 Å². The molecule has 0 aliphatic carbocycles. The third-order valence-electron chi connectivity index (χ3n) is 7.23. The van der Waals surface area contributed by atoms with Crippen LogP contribution < -0.4 is 22.6 Å². The van der Waals surface area contributed by atoms with Gasteiger partial charge < -0.3 is 4.90 Å². The summed E-state index contributed by atoms with van der Waals surface area (Å²) in [4.78, 5) is 1.55. The number of para-hydroxylation sites is 1. The number of rotatable bonds is 7. The Kier molecular flexibility index (Phi) is 9.31. The van der Waals surface area contributed by atoms with Crippen LogP contribution in [-0.4, -0.2) is 26.2 Å². The predicted molar refractivity (Wildman–Crippen MR) is 158 cm³/mol. The monoisotopic (exact) mass is 485 g/mol. The molecule has 36 heavy (non-hydrogen) atoms. The number of hydrogen-bond donors (Lipinski definition) is 1. The van der Waals surface area contributed by atoms with Gasteiger partial charge in [-0.2, -0.15) is 0 Å². The maximum Gasteiger partial charge on any atom is 0.266 e. The summed E-state index contributed by atoms with van der Waals surface area (Å²) in [5.74, 6) is 0. The van der Waals surface area contributed by atoms with Crippen LogP contribution in [0.2, 0.25) is 0 Å². The molecule has 0 heterocycles. The third kappa shape index (κ3) is 5.69. The van der Waals surface area contributed by atoms with E-state index >= 15 is 0 Å². The van der Waals surface area contributed by atoms with Gasteiger partial charge in [0.15, 0.2) is 0 Å². The maximum atomic E-state index is 2.30. The fraction of sp³-hybridized carbons (Fsp3) is 0.118. The van der Waals surface area contributed by atoms with Crippen molar-refractivity contribution < 1.29 is 4.90 Å². The molecule has 0 atom stereocenters. The van der Waals surface area contributed by atoms with E-state index < -0.39 is 13.1 Å². The first kappa shape index (κ1) is 25.7. The van der Waals surface area contributed by atoms with E-state index in [9.17, 15) is 0 Å². The van der Waals surface area contributed by atoms with Gasteiger partial charge >= 0.3 is 0 Å². The molecular weight excluding hydrogens is 449 g/mol. The molecule has 0 amide bonds. The number of nitrogens with one attached hydrogen (secondary N) is 1. The minimum atomic E-state index is -2.69. The molecule has 5 aromatic carbocycles. The Morgan fingerprint density at radius 3 is 0.889 bits per heavy atom. The maximum absolute atomic E-state index is 2.69. The van der Waals surface area contributed by atoms with Gasteiger partial charge in [0.1, 0.15) is 5.69 Å². The minimum Gasteiger partial charge on any atom is -0.303 e. The zero-order chi connectivity index (χ0) is 25.1. The molecule has 0 fully saturated rings. The van der Waals surface area contributed by atoms with E-state index in [1.807, 2.05) is 0 Å². The molecule has 2 heteroatoms. The van der Waals surface area contributed by atoms with Gasteiger partial charge in [-0.1, -0.05) is 91.0 Å². The lowest BCUT2D eigenvalue weighted by atomic mass is 10.3. The molecule has 0 radical (unpaired) electrons. The van der Waals surface area contributed by atoms with Gasteiger partial charge in [0.2, 0.25) is 0 Å². The smallest absolute Gasteiger partial charge is 0.266 e. The minimum absolute atomic E-state index is 1.17. The molecule has 0 saturated carbocycles. The zero-order valence-corrected chi connectivity index (χ0v) is 22.6. The van der Waals surface area contributed by atoms with E-state index in [2.05, 4.69) is 166 Å². The van der Waals surface area contributed by atoms with Crippen LogP contribution in [0.4, 0.5) is 5.69 Å². The lowest BCUT2D eigenvalue weighted by molar-refractivity contribution is -0.828. The Balaban J connectivity index is 0.000000233. The van der Waals surface area contributed by atoms with Gasteiger partial charge in [-0.3, -0.25) is 0 Å². The fourth-order valence-corrected chi connectivity index (χ4v) is 11.0. The van der Waals surface area contributed by atoms with Gasteiger partial charge in [-0.05, 0) is 26.0 Å². The van der Waals surface area contributed by atoms with Crippen LogP contribution in [0.15, 0.2) is 152 Å². The van der Waals surface area contributed by atoms with Gasteiger partial charge in [0.25, 0.3) is 13.1 Å². The fourth-order valence-electron chi connectivity index (χ4n) is 5.45. The quantitative estimate of drug-likeness (QED) is 0.328. The molecule has 180 valence electrons. The average molecular weight is 486 g/mol. The Labute approximate surface area is 219 Å². The highest BCUT2D eigenvalue weighted by atomic mass is 27.2. The summed E-state index contributed by atoms with van der Waals surface area (Å²) < 4.78 is 5.77. The second kappa shape index (κ2) is 13.1. The first-order valence-corrected chi connectivity index (χ1v) is 15.4. The lowest BCUT2D eigenvalue weighted by Crippen LogP contribution is -3.06. The van der Waals surface area contributed by atoms with Crippen LogP contribution in [0.1, 0.15) is 13.8 Å². The van der Waals surface area contributed by atoms with Crippen LogP contribution in [0, 0.1) is 0 Å². The zero-order valence-electron chi connectivity index (χ0n) is 21.4. The molecule has 0 saturated heterocycles. The second-order valence-electron chi connectivity index (χ2n) is 9.19. The van der Waals surface area contributed by atoms with Crippen molar-refractivity contribution in [3.63, 3.8) is 0 Å². The topological polar surface area (TPSA) is 4.44 Å². The van der Waals surface area contributed by atoms with Crippen molar-refractivity contribution in [1.82, 2.24) is 0 Å². The predicted octanol–water partition coefficient (Wildman–Crippen LogP) is 4.31. The van der Waals surface area contributed by atoms with E-state index in [1.165, 1.54) is 36.5 Å². The van der Waals surface area contributed by atoms with Crippen molar-refractivity contribution in [3.05, 3.63) is 152 Å². The summed E-state index contributed by atoms with van der Waals surface area (Å²) in [5, 5.41) is 0. The lowest BCUT2D eigenvalue weighted by Gasteiger charge is -2.40. The molecule has 5 rings (SSSR count). The molecule has 0 aliphatic rings. The molecule has 0 spiro atoms. The third-order valence-corrected chi connectivity index (χ3v) is 12.8. The normalized spacial score (nSPS) is 11.0. The summed E-state index contributed by atoms with van der Waals surface area (Å²) in [6.45, 7) is 6.76. The SMILES string of the molecule is CC[NH+](CC)c1ccccc1.c1cc[c]([Al-]([c]2ccccc2)([c]2ccccc2)[c]2ccccc2)cc1. The van der Waals surface area contributed by atoms with Crippen molar-refractivity contribution in [1.29, 1.82) is 0 Å². The van der Waals surface area contributed by atoms with Crippen molar-refractivity contribution >= 4 is 36.5 Å². The second-order valence-corrected chi connectivity index (χ2v) is 13.6. The Morgan fingerprint density at radius 2 is 0.639 bits per heavy atom. The summed E-state index contributed by atoms with van der Waals surface area (Å²) in [6.07, 6.45) is 0. The molecule has 0 aliphatic heterocycles. The van der Waals surface area contributed by atoms with Gasteiger partial charge in [-0.25, -0.2) is 17.7 Å². The van der Waals surface area contributed by atoms with Crippen LogP contribution in [0.5, 0.6) is 0 Å². The highest BCUT2D eigenvalue weighted by Crippen LogP contribution is 2.09. The van der Waals surface area contributed by atoms with Crippen molar-refractivity contribution in [2.24, 2.45) is 0 Å². The molecule has 1 nitrogen and oxygen atoms in total. The summed E-state index contributed by atoms with van der Waals surface area (Å²) in [5.41, 5.74) is 1.40. The summed E-state index contributed by atoms with van der Waals surface area (Å²) in [7, 11) is 0. The molecular formula is C34H36AlN. The number of hydrogen-bond acceptors (Lipinski definition) is 0. The van der Waals surface area contributed by atoms with Gasteiger partial charge in [0.05, 0.1) is 13.1 Å². The number of quaternary nitrogens is 1. The summed E-state index contributed by atoms with van der Waals surface area (Å²) >= 11 is -2.69. The van der Waals surface area contributed by atoms with Gasteiger partial charge in [0, 0.05) is 0 Å². The summed E-state index contributed by atoms with van der Waals surface area (Å²) in [6, 6.07) is 54.8. The van der Waals surface area contributed by atoms with E-state index in [1.54, 1.807) is 4.90 Å².